The maximum Gasteiger partial charge on any atom is 0.241 e. The molecule has 146 valence electrons. The van der Waals surface area contributed by atoms with Gasteiger partial charge in [-0.05, 0) is 55.9 Å². The molecule has 2 aromatic carbocycles. The van der Waals surface area contributed by atoms with Crippen LogP contribution in [-0.2, 0) is 11.3 Å². The Morgan fingerprint density at radius 3 is 2.64 bits per heavy atom. The van der Waals surface area contributed by atoms with Crippen LogP contribution in [0.5, 0.6) is 11.5 Å². The Morgan fingerprint density at radius 1 is 1.11 bits per heavy atom. The van der Waals surface area contributed by atoms with E-state index in [2.05, 4.69) is 10.3 Å². The van der Waals surface area contributed by atoms with Crippen LogP contribution in [0.3, 0.4) is 0 Å². The van der Waals surface area contributed by atoms with Crippen molar-refractivity contribution < 1.29 is 14.3 Å². The summed E-state index contributed by atoms with van der Waals surface area (Å²) in [6.07, 6.45) is 1.74. The monoisotopic (exact) mass is 379 g/mol. The van der Waals surface area contributed by atoms with Crippen molar-refractivity contribution in [2.45, 2.75) is 19.5 Å². The van der Waals surface area contributed by atoms with Gasteiger partial charge in [-0.2, -0.15) is 0 Å². The van der Waals surface area contributed by atoms with Crippen LogP contribution in [0, 0.1) is 0 Å². The lowest BCUT2D eigenvalue weighted by Gasteiger charge is -2.24. The van der Waals surface area contributed by atoms with Crippen LogP contribution >= 0.6 is 0 Å². The van der Waals surface area contributed by atoms with Crippen molar-refractivity contribution in [2.75, 3.05) is 26.6 Å². The van der Waals surface area contributed by atoms with E-state index >= 15 is 0 Å². The zero-order valence-corrected chi connectivity index (χ0v) is 16.6. The van der Waals surface area contributed by atoms with E-state index in [1.807, 2.05) is 67.4 Å². The van der Waals surface area contributed by atoms with Gasteiger partial charge in [0.2, 0.25) is 5.91 Å². The smallest absolute Gasteiger partial charge is 0.241 e. The molecule has 0 spiro atoms. The number of pyridine rings is 1. The molecule has 0 saturated carbocycles. The topological polar surface area (TPSA) is 63.7 Å². The SMILES string of the molecule is COc1ccc(CN(C)C(C)C(=O)Nc2cccc3ncccc23)cc1OC. The number of aromatic nitrogens is 1. The van der Waals surface area contributed by atoms with Crippen LogP contribution in [0.2, 0.25) is 0 Å². The van der Waals surface area contributed by atoms with E-state index < -0.39 is 0 Å². The third kappa shape index (κ3) is 4.23. The highest BCUT2D eigenvalue weighted by Crippen LogP contribution is 2.28. The Morgan fingerprint density at radius 2 is 1.89 bits per heavy atom. The lowest BCUT2D eigenvalue weighted by atomic mass is 10.1. The van der Waals surface area contributed by atoms with E-state index in [4.69, 9.17) is 9.47 Å². The molecule has 1 heterocycles. The molecule has 0 aliphatic carbocycles. The fraction of sp³-hybridized carbons (Fsp3) is 0.273. The Kier molecular flexibility index (Phi) is 6.11. The maximum atomic E-state index is 12.8. The molecular formula is C22H25N3O3. The third-order valence-electron chi connectivity index (χ3n) is 4.82. The molecule has 3 rings (SSSR count). The quantitative estimate of drug-likeness (QED) is 0.678. The maximum absolute atomic E-state index is 12.8. The van der Waals surface area contributed by atoms with Gasteiger partial charge in [-0.1, -0.05) is 12.1 Å². The van der Waals surface area contributed by atoms with Crippen molar-refractivity contribution in [1.82, 2.24) is 9.88 Å². The van der Waals surface area contributed by atoms with Gasteiger partial charge in [0.1, 0.15) is 0 Å². The molecule has 1 atom stereocenters. The second-order valence-electron chi connectivity index (χ2n) is 6.65. The number of carbonyl (C=O) groups is 1. The minimum atomic E-state index is -0.319. The number of nitrogens with zero attached hydrogens (tertiary/aromatic N) is 2. The van der Waals surface area contributed by atoms with Crippen molar-refractivity contribution in [1.29, 1.82) is 0 Å². The molecule has 3 aromatic rings. The first-order valence-electron chi connectivity index (χ1n) is 9.09. The standard InChI is InChI=1S/C22H25N3O3/c1-15(25(2)14-16-10-11-20(27-3)21(13-16)28-4)22(26)24-19-9-5-8-18-17(19)7-6-12-23-18/h5-13,15H,14H2,1-4H3,(H,24,26). The number of methoxy groups -OCH3 is 2. The number of hydrogen-bond donors (Lipinski definition) is 1. The van der Waals surface area contributed by atoms with E-state index in [0.717, 1.165) is 22.2 Å². The van der Waals surface area contributed by atoms with Gasteiger partial charge >= 0.3 is 0 Å². The summed E-state index contributed by atoms with van der Waals surface area (Å²) in [5.74, 6) is 1.29. The first-order valence-corrected chi connectivity index (χ1v) is 9.09. The zero-order valence-electron chi connectivity index (χ0n) is 16.6. The van der Waals surface area contributed by atoms with Crippen molar-refractivity contribution >= 4 is 22.5 Å². The van der Waals surface area contributed by atoms with Gasteiger partial charge in [0, 0.05) is 18.1 Å². The highest BCUT2D eigenvalue weighted by molar-refractivity contribution is 6.02. The van der Waals surface area contributed by atoms with Gasteiger partial charge in [-0.25, -0.2) is 0 Å². The second kappa shape index (κ2) is 8.71. The number of likely N-dealkylation sites (N-methyl/N-ethyl adjacent to an activating group) is 1. The zero-order chi connectivity index (χ0) is 20.1. The van der Waals surface area contributed by atoms with Crippen molar-refractivity contribution in [3.8, 4) is 11.5 Å². The summed E-state index contributed by atoms with van der Waals surface area (Å²) >= 11 is 0. The summed E-state index contributed by atoms with van der Waals surface area (Å²) in [6.45, 7) is 2.49. The molecule has 1 N–H and O–H groups in total. The number of fused-ring (bicyclic) bond motifs is 1. The van der Waals surface area contributed by atoms with Crippen LogP contribution in [0.15, 0.2) is 54.7 Å². The molecule has 0 saturated heterocycles. The minimum absolute atomic E-state index is 0.0701. The first-order chi connectivity index (χ1) is 13.5. The summed E-state index contributed by atoms with van der Waals surface area (Å²) in [6, 6.07) is 15.0. The molecule has 1 amide bonds. The average Bonchev–Trinajstić information content (AvgIpc) is 2.73. The Labute approximate surface area is 165 Å². The lowest BCUT2D eigenvalue weighted by molar-refractivity contribution is -0.120. The van der Waals surface area contributed by atoms with Crippen LogP contribution < -0.4 is 14.8 Å². The van der Waals surface area contributed by atoms with Crippen LogP contribution in [0.25, 0.3) is 10.9 Å². The van der Waals surface area contributed by atoms with Gasteiger partial charge in [0.05, 0.1) is 31.5 Å². The van der Waals surface area contributed by atoms with E-state index in [1.165, 1.54) is 0 Å². The largest absolute Gasteiger partial charge is 0.493 e. The van der Waals surface area contributed by atoms with Gasteiger partial charge in [-0.15, -0.1) is 0 Å². The van der Waals surface area contributed by atoms with Gasteiger partial charge < -0.3 is 14.8 Å². The first kappa shape index (κ1) is 19.6. The minimum Gasteiger partial charge on any atom is -0.493 e. The Hall–Kier alpha value is -3.12. The van der Waals surface area contributed by atoms with Crippen molar-refractivity contribution in [3.05, 3.63) is 60.3 Å². The predicted octanol–water partition coefficient (Wildman–Crippen LogP) is 3.71. The number of nitrogens with one attached hydrogen (secondary N) is 1. The molecule has 1 unspecified atom stereocenters. The molecule has 28 heavy (non-hydrogen) atoms. The van der Waals surface area contributed by atoms with Crippen LogP contribution in [0.4, 0.5) is 5.69 Å². The summed E-state index contributed by atoms with van der Waals surface area (Å²) in [5, 5.41) is 3.95. The number of carbonyl (C=O) groups excluding carboxylic acids is 1. The van der Waals surface area contributed by atoms with Gasteiger partial charge in [0.15, 0.2) is 11.5 Å². The Balaban J connectivity index is 1.70. The number of benzene rings is 2. The molecule has 0 bridgehead atoms. The van der Waals surface area contributed by atoms with E-state index in [0.29, 0.717) is 18.0 Å². The lowest BCUT2D eigenvalue weighted by Crippen LogP contribution is -2.39. The van der Waals surface area contributed by atoms with Crippen LogP contribution in [0.1, 0.15) is 12.5 Å². The van der Waals surface area contributed by atoms with Crippen molar-refractivity contribution in [3.63, 3.8) is 0 Å². The molecule has 0 aliphatic heterocycles. The number of rotatable bonds is 7. The molecule has 0 radical (unpaired) electrons. The fourth-order valence-electron chi connectivity index (χ4n) is 3.05. The summed E-state index contributed by atoms with van der Waals surface area (Å²) in [4.78, 5) is 19.1. The fourth-order valence-corrected chi connectivity index (χ4v) is 3.05. The highest BCUT2D eigenvalue weighted by atomic mass is 16.5. The second-order valence-corrected chi connectivity index (χ2v) is 6.65. The summed E-state index contributed by atoms with van der Waals surface area (Å²) in [7, 11) is 5.14. The number of amides is 1. The molecule has 1 aromatic heterocycles. The van der Waals surface area contributed by atoms with Crippen molar-refractivity contribution in [2.24, 2.45) is 0 Å². The predicted molar refractivity (Wildman–Crippen MR) is 111 cm³/mol. The number of ether oxygens (including phenoxy) is 2. The molecule has 0 aliphatic rings. The van der Waals surface area contributed by atoms with Gasteiger partial charge in [-0.3, -0.25) is 14.7 Å². The van der Waals surface area contributed by atoms with E-state index in [1.54, 1.807) is 20.4 Å². The number of hydrogen-bond acceptors (Lipinski definition) is 5. The molecule has 6 heteroatoms. The summed E-state index contributed by atoms with van der Waals surface area (Å²) < 4.78 is 10.6. The molecule has 6 nitrogen and oxygen atoms in total. The third-order valence-corrected chi connectivity index (χ3v) is 4.82. The number of anilines is 1. The summed E-state index contributed by atoms with van der Waals surface area (Å²) in [5.41, 5.74) is 2.66. The highest BCUT2D eigenvalue weighted by Gasteiger charge is 2.19. The Bertz CT molecular complexity index is 969. The normalized spacial score (nSPS) is 12.0. The van der Waals surface area contributed by atoms with Gasteiger partial charge in [0.25, 0.3) is 0 Å². The van der Waals surface area contributed by atoms with Crippen LogP contribution in [-0.4, -0.2) is 43.1 Å². The molecular weight excluding hydrogens is 354 g/mol. The average molecular weight is 379 g/mol. The van der Waals surface area contributed by atoms with E-state index in [9.17, 15) is 4.79 Å². The van der Waals surface area contributed by atoms with E-state index in [-0.39, 0.29) is 11.9 Å². The molecule has 0 fully saturated rings.